The van der Waals surface area contributed by atoms with Crippen molar-refractivity contribution in [3.63, 3.8) is 0 Å². The van der Waals surface area contributed by atoms with E-state index in [0.29, 0.717) is 11.1 Å². The van der Waals surface area contributed by atoms with Crippen molar-refractivity contribution in [3.05, 3.63) is 27.3 Å². The van der Waals surface area contributed by atoms with Crippen LogP contribution in [0.5, 0.6) is 11.5 Å². The number of phenolic OH excluding ortho intramolecular Hbond substituents is 2. The molecule has 0 spiro atoms. The lowest BCUT2D eigenvalue weighted by Crippen LogP contribution is -2.23. The van der Waals surface area contributed by atoms with E-state index in [2.05, 4.69) is 0 Å². The van der Waals surface area contributed by atoms with Gasteiger partial charge in [0.05, 0.1) is 4.92 Å². The van der Waals surface area contributed by atoms with Crippen LogP contribution < -0.4 is 0 Å². The fourth-order valence-electron chi connectivity index (χ4n) is 2.17. The summed E-state index contributed by atoms with van der Waals surface area (Å²) >= 11 is 0. The molecular weight excluding hydrogens is 246 g/mol. The molecule has 0 aliphatic heterocycles. The minimum absolute atomic E-state index is 0.376. The van der Waals surface area contributed by atoms with Gasteiger partial charge in [-0.15, -0.1) is 0 Å². The first-order chi connectivity index (χ1) is 8.37. The van der Waals surface area contributed by atoms with Crippen LogP contribution in [-0.4, -0.2) is 15.1 Å². The van der Waals surface area contributed by atoms with Crippen molar-refractivity contribution >= 4 is 5.69 Å². The fraction of sp³-hybridized carbons (Fsp3) is 0.571. The van der Waals surface area contributed by atoms with Gasteiger partial charge >= 0.3 is 5.69 Å². The molecule has 0 aliphatic carbocycles. The smallest absolute Gasteiger partial charge is 0.318 e. The molecule has 5 nitrogen and oxygen atoms in total. The van der Waals surface area contributed by atoms with Crippen LogP contribution in [0.25, 0.3) is 0 Å². The number of nitrogens with zero attached hydrogens (tertiary/aromatic N) is 1. The van der Waals surface area contributed by atoms with Gasteiger partial charge in [0.2, 0.25) is 5.75 Å². The summed E-state index contributed by atoms with van der Waals surface area (Å²) < 4.78 is 0. The quantitative estimate of drug-likeness (QED) is 0.462. The zero-order valence-electron chi connectivity index (χ0n) is 12.2. The summed E-state index contributed by atoms with van der Waals surface area (Å²) in [4.78, 5) is 10.6. The Morgan fingerprint density at radius 3 is 1.84 bits per heavy atom. The minimum atomic E-state index is -0.664. The summed E-state index contributed by atoms with van der Waals surface area (Å²) in [6, 6.07) is 1.42. The number of nitro groups is 1. The molecule has 0 unspecified atom stereocenters. The molecule has 106 valence electrons. The van der Waals surface area contributed by atoms with Crippen LogP contribution >= 0.6 is 0 Å². The van der Waals surface area contributed by atoms with Gasteiger partial charge in [-0.1, -0.05) is 41.5 Å². The summed E-state index contributed by atoms with van der Waals surface area (Å²) in [5.41, 5.74) is -0.172. The van der Waals surface area contributed by atoms with Gasteiger partial charge in [0.15, 0.2) is 5.75 Å². The average molecular weight is 267 g/mol. The summed E-state index contributed by atoms with van der Waals surface area (Å²) in [5, 5.41) is 30.8. The molecule has 1 rings (SSSR count). The molecule has 0 saturated heterocycles. The predicted molar refractivity (Wildman–Crippen MR) is 73.8 cm³/mol. The van der Waals surface area contributed by atoms with E-state index in [0.717, 1.165) is 0 Å². The van der Waals surface area contributed by atoms with Crippen LogP contribution in [0.15, 0.2) is 6.07 Å². The maximum Gasteiger partial charge on any atom is 0.318 e. The van der Waals surface area contributed by atoms with Gasteiger partial charge in [-0.2, -0.15) is 0 Å². The van der Waals surface area contributed by atoms with E-state index < -0.39 is 27.5 Å². The van der Waals surface area contributed by atoms with E-state index >= 15 is 0 Å². The number of hydrogen-bond donors (Lipinski definition) is 2. The van der Waals surface area contributed by atoms with Crippen LogP contribution in [0.4, 0.5) is 5.69 Å². The minimum Gasteiger partial charge on any atom is -0.504 e. The van der Waals surface area contributed by atoms with Gasteiger partial charge in [-0.05, 0) is 22.5 Å². The molecule has 0 aromatic heterocycles. The lowest BCUT2D eigenvalue weighted by molar-refractivity contribution is -0.387. The number of rotatable bonds is 1. The molecule has 0 amide bonds. The van der Waals surface area contributed by atoms with Gasteiger partial charge in [0.1, 0.15) is 0 Å². The highest BCUT2D eigenvalue weighted by molar-refractivity contribution is 5.65. The van der Waals surface area contributed by atoms with E-state index in [-0.39, 0.29) is 5.41 Å². The first kappa shape index (κ1) is 15.3. The summed E-state index contributed by atoms with van der Waals surface area (Å²) in [6.07, 6.45) is 0. The van der Waals surface area contributed by atoms with Crippen LogP contribution in [0, 0.1) is 10.1 Å². The summed E-state index contributed by atoms with van der Waals surface area (Å²) in [5.74, 6) is -1.12. The van der Waals surface area contributed by atoms with Crippen molar-refractivity contribution in [1.82, 2.24) is 0 Å². The second kappa shape index (κ2) is 4.40. The molecule has 0 saturated carbocycles. The Balaban J connectivity index is 3.91. The van der Waals surface area contributed by atoms with Gasteiger partial charge in [-0.25, -0.2) is 0 Å². The SMILES string of the molecule is CC(C)(C)c1cc(O)c(O)c([N+](=O)[O-])c1C(C)(C)C. The van der Waals surface area contributed by atoms with Gasteiger partial charge < -0.3 is 10.2 Å². The highest BCUT2D eigenvalue weighted by Gasteiger charge is 2.36. The molecule has 19 heavy (non-hydrogen) atoms. The normalized spacial score (nSPS) is 12.5. The number of benzene rings is 1. The van der Waals surface area contributed by atoms with Gasteiger partial charge in [0.25, 0.3) is 0 Å². The van der Waals surface area contributed by atoms with Crippen LogP contribution in [0.3, 0.4) is 0 Å². The Labute approximate surface area is 113 Å². The highest BCUT2D eigenvalue weighted by Crippen LogP contribution is 2.48. The summed E-state index contributed by atoms with van der Waals surface area (Å²) in [7, 11) is 0. The molecule has 0 aliphatic rings. The Hall–Kier alpha value is -1.78. The Kier molecular flexibility index (Phi) is 3.54. The van der Waals surface area contributed by atoms with E-state index in [1.165, 1.54) is 6.07 Å². The van der Waals surface area contributed by atoms with Crippen molar-refractivity contribution in [1.29, 1.82) is 0 Å². The van der Waals surface area contributed by atoms with E-state index in [1.807, 2.05) is 41.5 Å². The second-order valence-corrected chi connectivity index (χ2v) is 6.77. The Morgan fingerprint density at radius 1 is 1.05 bits per heavy atom. The second-order valence-electron chi connectivity index (χ2n) is 6.77. The largest absolute Gasteiger partial charge is 0.504 e. The third kappa shape index (κ3) is 2.80. The number of aromatic hydroxyl groups is 2. The lowest BCUT2D eigenvalue weighted by atomic mass is 9.74. The molecular formula is C14H21NO4. The molecule has 1 aromatic carbocycles. The first-order valence-corrected chi connectivity index (χ1v) is 6.11. The first-order valence-electron chi connectivity index (χ1n) is 6.11. The van der Waals surface area contributed by atoms with Crippen molar-refractivity contribution in [2.45, 2.75) is 52.4 Å². The molecule has 0 atom stereocenters. The topological polar surface area (TPSA) is 83.6 Å². The van der Waals surface area contributed by atoms with Crippen LogP contribution in [-0.2, 0) is 10.8 Å². The zero-order valence-corrected chi connectivity index (χ0v) is 12.2. The van der Waals surface area contributed by atoms with Crippen molar-refractivity contribution in [3.8, 4) is 11.5 Å². The van der Waals surface area contributed by atoms with Crippen molar-refractivity contribution in [2.75, 3.05) is 0 Å². The maximum atomic E-state index is 11.3. The summed E-state index contributed by atoms with van der Waals surface area (Å²) in [6.45, 7) is 11.3. The lowest BCUT2D eigenvalue weighted by Gasteiger charge is -2.30. The predicted octanol–water partition coefficient (Wildman–Crippen LogP) is 3.60. The van der Waals surface area contributed by atoms with E-state index in [4.69, 9.17) is 0 Å². The third-order valence-corrected chi connectivity index (χ3v) is 2.99. The van der Waals surface area contributed by atoms with Gasteiger partial charge in [0, 0.05) is 5.56 Å². The van der Waals surface area contributed by atoms with Crippen molar-refractivity contribution in [2.24, 2.45) is 0 Å². The molecule has 2 N–H and O–H groups in total. The maximum absolute atomic E-state index is 11.3. The fourth-order valence-corrected chi connectivity index (χ4v) is 2.17. The number of phenols is 2. The Morgan fingerprint density at radius 2 is 1.53 bits per heavy atom. The molecule has 1 aromatic rings. The zero-order chi connectivity index (χ0) is 15.2. The third-order valence-electron chi connectivity index (χ3n) is 2.99. The molecule has 0 radical (unpaired) electrons. The molecule has 5 heteroatoms. The number of nitro benzene ring substituents is 1. The number of hydrogen-bond acceptors (Lipinski definition) is 4. The standard InChI is InChI=1S/C14H21NO4/c1-13(2,3)8-7-9(16)12(17)11(15(18)19)10(8)14(4,5)6/h7,16-17H,1-6H3. The van der Waals surface area contributed by atoms with Crippen LogP contribution in [0.1, 0.15) is 52.7 Å². The Bertz CT molecular complexity index is 522. The van der Waals surface area contributed by atoms with Gasteiger partial charge in [-0.3, -0.25) is 10.1 Å². The van der Waals surface area contributed by atoms with Crippen molar-refractivity contribution < 1.29 is 15.1 Å². The molecule has 0 heterocycles. The molecule has 0 bridgehead atoms. The molecule has 0 fully saturated rings. The average Bonchev–Trinajstić information content (AvgIpc) is 2.17. The highest BCUT2D eigenvalue weighted by atomic mass is 16.6. The van der Waals surface area contributed by atoms with Crippen LogP contribution in [0.2, 0.25) is 0 Å². The monoisotopic (exact) mass is 267 g/mol. The van der Waals surface area contributed by atoms with E-state index in [9.17, 15) is 20.3 Å². The van der Waals surface area contributed by atoms with E-state index in [1.54, 1.807) is 0 Å².